The number of nitrogens with two attached hydrogens (primary N) is 1. The first-order chi connectivity index (χ1) is 12.2. The van der Waals surface area contributed by atoms with E-state index in [1.165, 1.54) is 0 Å². The molecule has 0 spiro atoms. The van der Waals surface area contributed by atoms with Gasteiger partial charge in [0.15, 0.2) is 5.96 Å². The topological polar surface area (TPSA) is 106 Å². The Morgan fingerprint density at radius 3 is 2.27 bits per heavy atom. The first kappa shape index (κ1) is 19.6. The fourth-order valence-corrected chi connectivity index (χ4v) is 2.96. The van der Waals surface area contributed by atoms with Crippen molar-refractivity contribution < 1.29 is 13.2 Å². The van der Waals surface area contributed by atoms with Crippen LogP contribution < -0.4 is 20.5 Å². The summed E-state index contributed by atoms with van der Waals surface area (Å²) in [7, 11) is -3.28. The summed E-state index contributed by atoms with van der Waals surface area (Å²) >= 11 is 0. The summed E-state index contributed by atoms with van der Waals surface area (Å²) in [6.07, 6.45) is 1.10. The molecule has 0 aliphatic carbocycles. The van der Waals surface area contributed by atoms with Gasteiger partial charge in [0, 0.05) is 11.4 Å². The Bertz CT molecular complexity index is 858. The Balaban J connectivity index is 1.80. The number of aliphatic imine (C=N–C) groups is 1. The van der Waals surface area contributed by atoms with E-state index >= 15 is 0 Å². The molecular weight excluding hydrogens is 352 g/mol. The summed E-state index contributed by atoms with van der Waals surface area (Å²) in [4.78, 5) is 4.23. The zero-order valence-corrected chi connectivity index (χ0v) is 15.9. The molecule has 7 nitrogen and oxygen atoms in total. The molecule has 0 saturated carbocycles. The molecule has 0 unspecified atom stereocenters. The molecule has 2 aromatic rings. The van der Waals surface area contributed by atoms with Gasteiger partial charge >= 0.3 is 0 Å². The van der Waals surface area contributed by atoms with Gasteiger partial charge in [-0.05, 0) is 61.4 Å². The van der Waals surface area contributed by atoms with E-state index in [4.69, 9.17) is 10.5 Å². The van der Waals surface area contributed by atoms with Gasteiger partial charge in [-0.1, -0.05) is 6.07 Å². The minimum Gasteiger partial charge on any atom is -0.492 e. The SMILES string of the molecule is Cc1cc(C)cc(NC(N)=NCCOc2ccc(NS(C)(=O)=O)cc2)c1. The van der Waals surface area contributed by atoms with Crippen LogP contribution in [-0.4, -0.2) is 33.8 Å². The zero-order valence-electron chi connectivity index (χ0n) is 15.1. The van der Waals surface area contributed by atoms with Crippen molar-refractivity contribution in [3.05, 3.63) is 53.6 Å². The van der Waals surface area contributed by atoms with Crippen LogP contribution in [0.15, 0.2) is 47.5 Å². The minimum absolute atomic E-state index is 0.325. The summed E-state index contributed by atoms with van der Waals surface area (Å²) in [6.45, 7) is 4.80. The number of nitrogens with one attached hydrogen (secondary N) is 2. The summed E-state index contributed by atoms with van der Waals surface area (Å²) < 4.78 is 30.3. The molecule has 8 heteroatoms. The van der Waals surface area contributed by atoms with Gasteiger partial charge in [-0.2, -0.15) is 0 Å². The standard InChI is InChI=1S/C18H24N4O3S/c1-13-10-14(2)12-16(11-13)21-18(19)20-8-9-25-17-6-4-15(5-7-17)22-26(3,23)24/h4-7,10-12,22H,8-9H2,1-3H3,(H3,19,20,21). The third-order valence-corrected chi connectivity index (χ3v) is 3.90. The molecule has 0 fully saturated rings. The number of anilines is 2. The molecule has 0 aromatic heterocycles. The molecule has 0 aliphatic rings. The molecule has 2 aromatic carbocycles. The van der Waals surface area contributed by atoms with Crippen molar-refractivity contribution in [2.24, 2.45) is 10.7 Å². The maximum atomic E-state index is 11.2. The number of guanidine groups is 1. The Labute approximate surface area is 154 Å². The third kappa shape index (κ3) is 7.02. The second-order valence-corrected chi connectivity index (χ2v) is 7.76. The first-order valence-corrected chi connectivity index (χ1v) is 9.96. The maximum absolute atomic E-state index is 11.2. The highest BCUT2D eigenvalue weighted by molar-refractivity contribution is 7.92. The van der Waals surface area contributed by atoms with Gasteiger partial charge in [0.25, 0.3) is 0 Å². The quantitative estimate of drug-likeness (QED) is 0.391. The molecule has 0 amide bonds. The summed E-state index contributed by atoms with van der Waals surface area (Å²) in [5.41, 5.74) is 9.57. The van der Waals surface area contributed by atoms with Crippen LogP contribution >= 0.6 is 0 Å². The predicted molar refractivity (Wildman–Crippen MR) is 106 cm³/mol. The highest BCUT2D eigenvalue weighted by atomic mass is 32.2. The monoisotopic (exact) mass is 376 g/mol. The van der Waals surface area contributed by atoms with E-state index in [-0.39, 0.29) is 0 Å². The second kappa shape index (κ2) is 8.57. The molecule has 0 radical (unpaired) electrons. The van der Waals surface area contributed by atoms with Crippen molar-refractivity contribution in [3.63, 3.8) is 0 Å². The number of nitrogens with zero attached hydrogens (tertiary/aromatic N) is 1. The fraction of sp³-hybridized carbons (Fsp3) is 0.278. The summed E-state index contributed by atoms with van der Waals surface area (Å²) in [5.74, 6) is 0.950. The van der Waals surface area contributed by atoms with E-state index in [1.807, 2.05) is 26.0 Å². The minimum atomic E-state index is -3.28. The van der Waals surface area contributed by atoms with Gasteiger partial charge in [-0.3, -0.25) is 4.72 Å². The van der Waals surface area contributed by atoms with Gasteiger partial charge in [0.05, 0.1) is 12.8 Å². The normalized spacial score (nSPS) is 11.9. The van der Waals surface area contributed by atoms with E-state index in [0.29, 0.717) is 30.5 Å². The fourth-order valence-electron chi connectivity index (χ4n) is 2.40. The molecule has 0 heterocycles. The Kier molecular flexibility index (Phi) is 6.46. The Hall–Kier alpha value is -2.74. The van der Waals surface area contributed by atoms with Crippen molar-refractivity contribution >= 4 is 27.4 Å². The van der Waals surface area contributed by atoms with Gasteiger partial charge < -0.3 is 15.8 Å². The third-order valence-electron chi connectivity index (χ3n) is 3.29. The van der Waals surface area contributed by atoms with E-state index in [1.54, 1.807) is 24.3 Å². The van der Waals surface area contributed by atoms with Crippen molar-refractivity contribution in [2.45, 2.75) is 13.8 Å². The number of hydrogen-bond acceptors (Lipinski definition) is 4. The first-order valence-electron chi connectivity index (χ1n) is 8.07. The van der Waals surface area contributed by atoms with E-state index < -0.39 is 10.0 Å². The van der Waals surface area contributed by atoms with Crippen molar-refractivity contribution in [1.29, 1.82) is 0 Å². The van der Waals surface area contributed by atoms with Gasteiger partial charge in [0.2, 0.25) is 10.0 Å². The van der Waals surface area contributed by atoms with Crippen LogP contribution in [0.4, 0.5) is 11.4 Å². The van der Waals surface area contributed by atoms with Crippen molar-refractivity contribution in [2.75, 3.05) is 29.4 Å². The van der Waals surface area contributed by atoms with Gasteiger partial charge in [-0.15, -0.1) is 0 Å². The lowest BCUT2D eigenvalue weighted by molar-refractivity contribution is 0.329. The largest absolute Gasteiger partial charge is 0.492 e. The molecule has 26 heavy (non-hydrogen) atoms. The van der Waals surface area contributed by atoms with E-state index in [0.717, 1.165) is 23.1 Å². The highest BCUT2D eigenvalue weighted by Gasteiger charge is 2.02. The van der Waals surface area contributed by atoms with Crippen LogP contribution in [0.5, 0.6) is 5.75 Å². The molecular formula is C18H24N4O3S. The average molecular weight is 376 g/mol. The van der Waals surface area contributed by atoms with Crippen LogP contribution in [0.3, 0.4) is 0 Å². The smallest absolute Gasteiger partial charge is 0.229 e. The number of ether oxygens (including phenoxy) is 1. The Morgan fingerprint density at radius 2 is 1.69 bits per heavy atom. The van der Waals surface area contributed by atoms with Crippen LogP contribution in [0.1, 0.15) is 11.1 Å². The molecule has 4 N–H and O–H groups in total. The van der Waals surface area contributed by atoms with Gasteiger partial charge in [-0.25, -0.2) is 13.4 Å². The lowest BCUT2D eigenvalue weighted by Gasteiger charge is -2.09. The summed E-state index contributed by atoms with van der Waals surface area (Å²) in [6, 6.07) is 12.7. The lowest BCUT2D eigenvalue weighted by Crippen LogP contribution is -2.23. The van der Waals surface area contributed by atoms with Gasteiger partial charge in [0.1, 0.15) is 12.4 Å². The second-order valence-electron chi connectivity index (χ2n) is 6.02. The number of sulfonamides is 1. The average Bonchev–Trinajstić information content (AvgIpc) is 2.50. The lowest BCUT2D eigenvalue weighted by atomic mass is 10.1. The molecule has 2 rings (SSSR count). The predicted octanol–water partition coefficient (Wildman–Crippen LogP) is 2.48. The number of rotatable bonds is 7. The molecule has 0 saturated heterocycles. The molecule has 0 aliphatic heterocycles. The molecule has 140 valence electrons. The number of hydrogen-bond donors (Lipinski definition) is 3. The molecule has 0 bridgehead atoms. The maximum Gasteiger partial charge on any atom is 0.229 e. The van der Waals surface area contributed by atoms with Crippen molar-refractivity contribution in [3.8, 4) is 5.75 Å². The van der Waals surface area contributed by atoms with Crippen LogP contribution in [0.25, 0.3) is 0 Å². The zero-order chi connectivity index (χ0) is 19.2. The number of aryl methyl sites for hydroxylation is 2. The van der Waals surface area contributed by atoms with Crippen molar-refractivity contribution in [1.82, 2.24) is 0 Å². The molecule has 0 atom stereocenters. The highest BCUT2D eigenvalue weighted by Crippen LogP contribution is 2.16. The summed E-state index contributed by atoms with van der Waals surface area (Å²) in [5, 5.41) is 3.06. The van der Waals surface area contributed by atoms with Crippen LogP contribution in [0, 0.1) is 13.8 Å². The van der Waals surface area contributed by atoms with E-state index in [2.05, 4.69) is 21.1 Å². The Morgan fingerprint density at radius 1 is 1.08 bits per heavy atom. The van der Waals surface area contributed by atoms with Crippen LogP contribution in [0.2, 0.25) is 0 Å². The van der Waals surface area contributed by atoms with E-state index in [9.17, 15) is 8.42 Å². The number of benzene rings is 2. The van der Waals surface area contributed by atoms with Crippen LogP contribution in [-0.2, 0) is 10.0 Å².